The normalized spacial score (nSPS) is 10.4. The smallest absolute Gasteiger partial charge is 0.429 e. The van der Waals surface area contributed by atoms with Crippen LogP contribution in [-0.4, -0.2) is 25.7 Å². The monoisotopic (exact) mass is 482 g/mol. The van der Waals surface area contributed by atoms with Gasteiger partial charge in [0.1, 0.15) is 6.61 Å². The Morgan fingerprint density at radius 2 is 1.56 bits per heavy atom. The van der Waals surface area contributed by atoms with Gasteiger partial charge in [-0.15, -0.1) is 13.2 Å². The lowest BCUT2D eigenvalue weighted by Gasteiger charge is -2.07. The predicted molar refractivity (Wildman–Crippen MR) is 140 cm³/mol. The zero-order valence-electron chi connectivity index (χ0n) is 19.7. The van der Waals surface area contributed by atoms with E-state index < -0.39 is 6.16 Å². The molecule has 36 heavy (non-hydrogen) atoms. The van der Waals surface area contributed by atoms with E-state index in [1.54, 1.807) is 16.8 Å². The molecule has 8 nitrogen and oxygen atoms in total. The second-order valence-corrected chi connectivity index (χ2v) is 7.78. The fourth-order valence-electron chi connectivity index (χ4n) is 3.60. The quantitative estimate of drug-likeness (QED) is 0.246. The molecular weight excluding hydrogens is 456 g/mol. The number of fused-ring (bicyclic) bond motifs is 2. The maximum atomic E-state index is 12.0. The summed E-state index contributed by atoms with van der Waals surface area (Å²) in [5.41, 5.74) is 2.53. The van der Waals surface area contributed by atoms with Gasteiger partial charge >= 0.3 is 6.16 Å². The number of nitrogens with zero attached hydrogens (tertiary/aromatic N) is 3. The number of hydrogen-bond donors (Lipinski definition) is 1. The van der Waals surface area contributed by atoms with Gasteiger partial charge in [-0.2, -0.15) is 5.10 Å². The number of nitrogens with one attached hydrogen (secondary N) is 1. The molecule has 0 atom stereocenters. The molecule has 2 aromatic heterocycles. The molecule has 0 aliphatic carbocycles. The van der Waals surface area contributed by atoms with E-state index >= 15 is 0 Å². The van der Waals surface area contributed by atoms with Crippen LogP contribution >= 0.6 is 0 Å². The highest BCUT2D eigenvalue weighted by Gasteiger charge is 2.16. The van der Waals surface area contributed by atoms with Crippen molar-refractivity contribution in [2.75, 3.05) is 0 Å². The fourth-order valence-corrected chi connectivity index (χ4v) is 3.60. The van der Waals surface area contributed by atoms with E-state index in [2.05, 4.69) is 23.4 Å². The van der Waals surface area contributed by atoms with Crippen LogP contribution in [0, 0.1) is 0 Å². The minimum absolute atomic E-state index is 0.00972. The number of hydrogen-bond acceptors (Lipinski definition) is 5. The Balaban J connectivity index is 0.000000197. The molecular formula is C28H26N4O4. The van der Waals surface area contributed by atoms with Crippen LogP contribution in [0.1, 0.15) is 5.56 Å². The van der Waals surface area contributed by atoms with Crippen molar-refractivity contribution in [3.05, 3.63) is 120 Å². The minimum Gasteiger partial charge on any atom is -0.429 e. The van der Waals surface area contributed by atoms with Gasteiger partial charge in [-0.05, 0) is 29.8 Å². The number of aromatic amines is 1. The predicted octanol–water partition coefficient (Wildman–Crippen LogP) is 5.45. The molecule has 0 saturated heterocycles. The van der Waals surface area contributed by atoms with Gasteiger partial charge < -0.3 is 9.47 Å². The number of allylic oxidation sites excluding steroid dienone is 2. The molecule has 182 valence electrons. The highest BCUT2D eigenvalue weighted by atomic mass is 16.7. The van der Waals surface area contributed by atoms with Crippen molar-refractivity contribution in [2.24, 2.45) is 0 Å². The first-order chi connectivity index (χ1) is 17.6. The van der Waals surface area contributed by atoms with Crippen molar-refractivity contribution < 1.29 is 14.3 Å². The van der Waals surface area contributed by atoms with Gasteiger partial charge in [0.25, 0.3) is 5.56 Å². The summed E-state index contributed by atoms with van der Waals surface area (Å²) in [7, 11) is 0. The second kappa shape index (κ2) is 11.5. The van der Waals surface area contributed by atoms with Gasteiger partial charge in [-0.1, -0.05) is 66.7 Å². The lowest BCUT2D eigenvalue weighted by atomic mass is 10.2. The molecule has 0 amide bonds. The maximum absolute atomic E-state index is 12.0. The molecule has 5 aromatic rings. The Morgan fingerprint density at radius 3 is 2.28 bits per heavy atom. The molecule has 0 fully saturated rings. The number of H-pyrrole nitrogens is 1. The number of aromatic nitrogens is 4. The van der Waals surface area contributed by atoms with Crippen molar-refractivity contribution in [2.45, 2.75) is 19.7 Å². The first kappa shape index (κ1) is 24.3. The highest BCUT2D eigenvalue weighted by molar-refractivity contribution is 5.86. The third-order valence-corrected chi connectivity index (χ3v) is 5.25. The van der Waals surface area contributed by atoms with Crippen LogP contribution in [0.2, 0.25) is 0 Å². The summed E-state index contributed by atoms with van der Waals surface area (Å²) in [5.74, 6) is 0.360. The van der Waals surface area contributed by atoms with Crippen LogP contribution in [-0.2, 0) is 24.4 Å². The zero-order chi connectivity index (χ0) is 25.3. The van der Waals surface area contributed by atoms with Crippen LogP contribution in [0.3, 0.4) is 0 Å². The Bertz CT molecular complexity index is 1550. The molecule has 0 aliphatic heterocycles. The van der Waals surface area contributed by atoms with Crippen molar-refractivity contribution in [1.82, 2.24) is 19.6 Å². The first-order valence-corrected chi connectivity index (χ1v) is 11.3. The number of carbonyl (C=O) groups is 1. The molecule has 0 spiro atoms. The summed E-state index contributed by atoms with van der Waals surface area (Å²) in [6, 6.07) is 24.3. The van der Waals surface area contributed by atoms with Crippen LogP contribution in [0.5, 0.6) is 5.88 Å². The molecule has 0 aliphatic rings. The summed E-state index contributed by atoms with van der Waals surface area (Å²) in [5, 5.41) is 8.87. The zero-order valence-corrected chi connectivity index (χ0v) is 19.7. The number of benzene rings is 3. The second-order valence-electron chi connectivity index (χ2n) is 7.78. The highest BCUT2D eigenvalue weighted by Crippen LogP contribution is 2.26. The molecule has 0 bridgehead atoms. The van der Waals surface area contributed by atoms with E-state index in [0.717, 1.165) is 27.4 Å². The minimum atomic E-state index is -0.759. The summed E-state index contributed by atoms with van der Waals surface area (Å²) in [6.07, 6.45) is 2.62. The molecule has 1 N–H and O–H groups in total. The number of rotatable bonds is 7. The summed E-state index contributed by atoms with van der Waals surface area (Å²) < 4.78 is 13.6. The average Bonchev–Trinajstić information content (AvgIpc) is 3.41. The fraction of sp³-hybridized carbons (Fsp3) is 0.107. The Hall–Kier alpha value is -4.85. The van der Waals surface area contributed by atoms with Crippen LogP contribution in [0.25, 0.3) is 21.8 Å². The van der Waals surface area contributed by atoms with Gasteiger partial charge in [0.05, 0.1) is 34.9 Å². The molecule has 8 heteroatoms. The molecule has 3 aromatic carbocycles. The van der Waals surface area contributed by atoms with Gasteiger partial charge in [-0.25, -0.2) is 14.2 Å². The van der Waals surface area contributed by atoms with Crippen LogP contribution in [0.4, 0.5) is 4.79 Å². The Morgan fingerprint density at radius 1 is 0.889 bits per heavy atom. The van der Waals surface area contributed by atoms with E-state index in [1.807, 2.05) is 78.9 Å². The van der Waals surface area contributed by atoms with Crippen LogP contribution in [0.15, 0.2) is 109 Å². The van der Waals surface area contributed by atoms with Crippen molar-refractivity contribution in [3.63, 3.8) is 0 Å². The average molecular weight is 483 g/mol. The SMILES string of the molecule is C=CCn1[nH]c2ccccc2c1=O.C=CCn1nc2ccccc2c1OC(=O)OCc1ccccc1. The number of para-hydroxylation sites is 1. The summed E-state index contributed by atoms with van der Waals surface area (Å²) in [6.45, 7) is 8.40. The number of ether oxygens (including phenoxy) is 2. The molecule has 0 saturated carbocycles. The van der Waals surface area contributed by atoms with Crippen molar-refractivity contribution in [3.8, 4) is 5.88 Å². The molecule has 2 heterocycles. The lowest BCUT2D eigenvalue weighted by Crippen LogP contribution is -2.15. The van der Waals surface area contributed by atoms with Gasteiger partial charge in [0.2, 0.25) is 5.88 Å². The maximum Gasteiger partial charge on any atom is 0.515 e. The molecule has 0 unspecified atom stereocenters. The van der Waals surface area contributed by atoms with E-state index in [0.29, 0.717) is 19.0 Å². The van der Waals surface area contributed by atoms with E-state index in [1.165, 1.54) is 4.68 Å². The van der Waals surface area contributed by atoms with E-state index in [-0.39, 0.29) is 12.2 Å². The van der Waals surface area contributed by atoms with Crippen molar-refractivity contribution >= 4 is 28.0 Å². The van der Waals surface area contributed by atoms with Gasteiger partial charge in [0, 0.05) is 0 Å². The lowest BCUT2D eigenvalue weighted by molar-refractivity contribution is 0.0900. The standard InChI is InChI=1S/C18H16N2O3.C10H10N2O/c1-2-12-20-17(15-10-6-7-11-16(15)19-20)23-18(21)22-13-14-8-4-3-5-9-14;1-2-7-12-10(13)8-5-3-4-6-9(8)11-12/h2-11H,1,12-13H2;2-6,11H,1,7H2. The van der Waals surface area contributed by atoms with Gasteiger partial charge in [-0.3, -0.25) is 9.89 Å². The largest absolute Gasteiger partial charge is 0.515 e. The molecule has 5 rings (SSSR count). The third kappa shape index (κ3) is 5.61. The summed E-state index contributed by atoms with van der Waals surface area (Å²) >= 11 is 0. The number of carbonyl (C=O) groups excluding carboxylic acids is 1. The summed E-state index contributed by atoms with van der Waals surface area (Å²) in [4.78, 5) is 23.6. The van der Waals surface area contributed by atoms with Gasteiger partial charge in [0.15, 0.2) is 0 Å². The topological polar surface area (TPSA) is 91.1 Å². The third-order valence-electron chi connectivity index (χ3n) is 5.25. The van der Waals surface area contributed by atoms with E-state index in [4.69, 9.17) is 9.47 Å². The first-order valence-electron chi connectivity index (χ1n) is 11.3. The van der Waals surface area contributed by atoms with Crippen LogP contribution < -0.4 is 10.3 Å². The molecule has 0 radical (unpaired) electrons. The Kier molecular flexibility index (Phi) is 7.77. The van der Waals surface area contributed by atoms with Crippen molar-refractivity contribution in [1.29, 1.82) is 0 Å². The van der Waals surface area contributed by atoms with E-state index in [9.17, 15) is 9.59 Å². The Labute approximate surface area is 207 Å².